The highest BCUT2D eigenvalue weighted by atomic mass is 16.5. The molecule has 24 heavy (non-hydrogen) atoms. The number of hydrogen-bond donors (Lipinski definition) is 2. The van der Waals surface area contributed by atoms with Crippen LogP contribution in [-0.4, -0.2) is 17.1 Å². The third-order valence-corrected chi connectivity index (χ3v) is 3.67. The highest BCUT2D eigenvalue weighted by molar-refractivity contribution is 5.62. The zero-order chi connectivity index (χ0) is 16.8. The summed E-state index contributed by atoms with van der Waals surface area (Å²) in [7, 11) is 1.64. The lowest BCUT2D eigenvalue weighted by molar-refractivity contribution is 0.417. The van der Waals surface area contributed by atoms with Crippen LogP contribution in [0.4, 0.5) is 17.5 Å². The van der Waals surface area contributed by atoms with Gasteiger partial charge in [-0.15, -0.1) is 0 Å². The van der Waals surface area contributed by atoms with Crippen molar-refractivity contribution in [3.63, 3.8) is 0 Å². The molecule has 0 fully saturated rings. The molecule has 1 unspecified atom stereocenters. The molecule has 3 aromatic rings. The third kappa shape index (κ3) is 3.81. The van der Waals surface area contributed by atoms with Crippen LogP contribution >= 0.6 is 0 Å². The van der Waals surface area contributed by atoms with Crippen molar-refractivity contribution in [2.75, 3.05) is 17.7 Å². The maximum absolute atomic E-state index is 5.34. The summed E-state index contributed by atoms with van der Waals surface area (Å²) in [5, 5.41) is 6.58. The molecule has 1 heterocycles. The molecule has 0 bridgehead atoms. The van der Waals surface area contributed by atoms with Gasteiger partial charge >= 0.3 is 0 Å². The standard InChI is InChI=1S/C19H20N4O/c1-14(15-8-4-3-5-9-15)21-18-12-13-20-19(23-18)22-16-10-6-7-11-17(16)24-2/h3-14H,1-2H3,(H2,20,21,22,23). The first-order chi connectivity index (χ1) is 11.8. The molecule has 0 amide bonds. The number of rotatable bonds is 6. The minimum atomic E-state index is 0.153. The van der Waals surface area contributed by atoms with E-state index in [-0.39, 0.29) is 6.04 Å². The minimum absolute atomic E-state index is 0.153. The fraction of sp³-hybridized carbons (Fsp3) is 0.158. The first kappa shape index (κ1) is 15.8. The number of nitrogens with zero attached hydrogens (tertiary/aromatic N) is 2. The fourth-order valence-corrected chi connectivity index (χ4v) is 2.41. The van der Waals surface area contributed by atoms with Crippen molar-refractivity contribution in [2.45, 2.75) is 13.0 Å². The number of methoxy groups -OCH3 is 1. The van der Waals surface area contributed by atoms with E-state index in [2.05, 4.69) is 39.7 Å². The average molecular weight is 320 g/mol. The van der Waals surface area contributed by atoms with E-state index in [1.54, 1.807) is 13.3 Å². The van der Waals surface area contributed by atoms with Gasteiger partial charge < -0.3 is 15.4 Å². The van der Waals surface area contributed by atoms with E-state index in [1.165, 1.54) is 5.56 Å². The Bertz CT molecular complexity index is 792. The van der Waals surface area contributed by atoms with E-state index in [0.29, 0.717) is 5.95 Å². The van der Waals surface area contributed by atoms with Gasteiger partial charge in [0.2, 0.25) is 5.95 Å². The summed E-state index contributed by atoms with van der Waals surface area (Å²) in [6, 6.07) is 19.9. The smallest absolute Gasteiger partial charge is 0.229 e. The van der Waals surface area contributed by atoms with Crippen molar-refractivity contribution in [3.8, 4) is 5.75 Å². The second-order valence-electron chi connectivity index (χ2n) is 5.37. The molecule has 2 aromatic carbocycles. The van der Waals surface area contributed by atoms with Gasteiger partial charge in [0.15, 0.2) is 0 Å². The quantitative estimate of drug-likeness (QED) is 0.705. The second kappa shape index (κ2) is 7.46. The van der Waals surface area contributed by atoms with Crippen LogP contribution in [0.5, 0.6) is 5.75 Å². The van der Waals surface area contributed by atoms with Crippen molar-refractivity contribution in [1.29, 1.82) is 0 Å². The molecule has 0 aliphatic carbocycles. The van der Waals surface area contributed by atoms with Gasteiger partial charge in [0, 0.05) is 12.2 Å². The molecule has 2 N–H and O–H groups in total. The number of aromatic nitrogens is 2. The normalized spacial score (nSPS) is 11.6. The summed E-state index contributed by atoms with van der Waals surface area (Å²) in [5.74, 6) is 2.03. The number of ether oxygens (including phenoxy) is 1. The molecule has 5 nitrogen and oxygen atoms in total. The predicted octanol–water partition coefficient (Wildman–Crippen LogP) is 4.40. The van der Waals surface area contributed by atoms with Gasteiger partial charge in [-0.3, -0.25) is 0 Å². The number of hydrogen-bond acceptors (Lipinski definition) is 5. The number of nitrogens with one attached hydrogen (secondary N) is 2. The third-order valence-electron chi connectivity index (χ3n) is 3.67. The van der Waals surface area contributed by atoms with E-state index in [1.807, 2.05) is 48.5 Å². The minimum Gasteiger partial charge on any atom is -0.495 e. The Morgan fingerprint density at radius 2 is 1.71 bits per heavy atom. The highest BCUT2D eigenvalue weighted by Gasteiger charge is 2.08. The molecule has 0 radical (unpaired) electrons. The van der Waals surface area contributed by atoms with Crippen molar-refractivity contribution < 1.29 is 4.74 Å². The summed E-state index contributed by atoms with van der Waals surface area (Å²) in [4.78, 5) is 8.79. The Kier molecular flexibility index (Phi) is 4.91. The molecule has 3 rings (SSSR count). The number of anilines is 3. The van der Waals surface area contributed by atoms with E-state index in [9.17, 15) is 0 Å². The zero-order valence-corrected chi connectivity index (χ0v) is 13.7. The summed E-state index contributed by atoms with van der Waals surface area (Å²) < 4.78 is 5.34. The van der Waals surface area contributed by atoms with Gasteiger partial charge in [-0.25, -0.2) is 4.98 Å². The molecule has 0 saturated carbocycles. The van der Waals surface area contributed by atoms with Crippen LogP contribution in [0.15, 0.2) is 66.9 Å². The molecule has 0 aliphatic heterocycles. The zero-order valence-electron chi connectivity index (χ0n) is 13.7. The predicted molar refractivity (Wildman–Crippen MR) is 96.8 cm³/mol. The summed E-state index contributed by atoms with van der Waals surface area (Å²) in [6.07, 6.45) is 1.73. The van der Waals surface area contributed by atoms with Crippen LogP contribution in [-0.2, 0) is 0 Å². The van der Waals surface area contributed by atoms with Crippen molar-refractivity contribution in [2.24, 2.45) is 0 Å². The van der Waals surface area contributed by atoms with Crippen LogP contribution in [0.25, 0.3) is 0 Å². The Labute approximate surface area is 141 Å². The first-order valence-corrected chi connectivity index (χ1v) is 7.81. The van der Waals surface area contributed by atoms with Crippen LogP contribution in [0.1, 0.15) is 18.5 Å². The molecule has 5 heteroatoms. The van der Waals surface area contributed by atoms with Gasteiger partial charge in [-0.05, 0) is 30.7 Å². The summed E-state index contributed by atoms with van der Waals surface area (Å²) in [6.45, 7) is 2.10. The van der Waals surface area contributed by atoms with Crippen LogP contribution in [0.2, 0.25) is 0 Å². The number of benzene rings is 2. The monoisotopic (exact) mass is 320 g/mol. The van der Waals surface area contributed by atoms with E-state index >= 15 is 0 Å². The summed E-state index contributed by atoms with van der Waals surface area (Å²) >= 11 is 0. The van der Waals surface area contributed by atoms with Gasteiger partial charge in [0.1, 0.15) is 11.6 Å². The maximum Gasteiger partial charge on any atom is 0.229 e. The van der Waals surface area contributed by atoms with Gasteiger partial charge in [0.25, 0.3) is 0 Å². The Balaban J connectivity index is 1.74. The molecule has 1 aromatic heterocycles. The van der Waals surface area contributed by atoms with Gasteiger partial charge in [-0.1, -0.05) is 42.5 Å². The molecule has 0 spiro atoms. The lowest BCUT2D eigenvalue weighted by atomic mass is 10.1. The molecular formula is C19H20N4O. The van der Waals surface area contributed by atoms with Gasteiger partial charge in [0.05, 0.1) is 12.8 Å². The Hall–Kier alpha value is -3.08. The molecule has 0 aliphatic rings. The maximum atomic E-state index is 5.34. The van der Waals surface area contributed by atoms with E-state index in [4.69, 9.17) is 4.74 Å². The van der Waals surface area contributed by atoms with Crippen molar-refractivity contribution in [1.82, 2.24) is 9.97 Å². The highest BCUT2D eigenvalue weighted by Crippen LogP contribution is 2.26. The lowest BCUT2D eigenvalue weighted by Gasteiger charge is -2.15. The van der Waals surface area contributed by atoms with Crippen LogP contribution in [0.3, 0.4) is 0 Å². The largest absolute Gasteiger partial charge is 0.495 e. The molecule has 1 atom stereocenters. The fourth-order valence-electron chi connectivity index (χ4n) is 2.41. The lowest BCUT2D eigenvalue weighted by Crippen LogP contribution is -2.09. The average Bonchev–Trinajstić information content (AvgIpc) is 2.63. The van der Waals surface area contributed by atoms with Crippen molar-refractivity contribution >= 4 is 17.5 Å². The Morgan fingerprint density at radius 1 is 0.958 bits per heavy atom. The molecule has 0 saturated heterocycles. The molecule has 122 valence electrons. The Morgan fingerprint density at radius 3 is 2.50 bits per heavy atom. The van der Waals surface area contributed by atoms with Crippen molar-refractivity contribution in [3.05, 3.63) is 72.4 Å². The van der Waals surface area contributed by atoms with Gasteiger partial charge in [-0.2, -0.15) is 4.98 Å². The topological polar surface area (TPSA) is 59.1 Å². The van der Waals surface area contributed by atoms with Crippen LogP contribution < -0.4 is 15.4 Å². The molecular weight excluding hydrogens is 300 g/mol. The van der Waals surface area contributed by atoms with Crippen LogP contribution in [0, 0.1) is 0 Å². The first-order valence-electron chi connectivity index (χ1n) is 7.81. The summed E-state index contributed by atoms with van der Waals surface area (Å²) in [5.41, 5.74) is 2.03. The SMILES string of the molecule is COc1ccccc1Nc1nccc(NC(C)c2ccccc2)n1. The van der Waals surface area contributed by atoms with E-state index < -0.39 is 0 Å². The van der Waals surface area contributed by atoms with E-state index in [0.717, 1.165) is 17.3 Å². The second-order valence-corrected chi connectivity index (χ2v) is 5.37. The number of para-hydroxylation sites is 2.